The summed E-state index contributed by atoms with van der Waals surface area (Å²) in [5.41, 5.74) is 0. The van der Waals surface area contributed by atoms with Gasteiger partial charge < -0.3 is 42.5 Å². The molecule has 4 aliphatic carbocycles. The first-order chi connectivity index (χ1) is 11.4. The van der Waals surface area contributed by atoms with Crippen molar-refractivity contribution in [2.45, 2.75) is 116 Å². The van der Waals surface area contributed by atoms with Crippen LogP contribution in [0.5, 0.6) is 0 Å². The van der Waals surface area contributed by atoms with E-state index < -0.39 is 24.5 Å². The van der Waals surface area contributed by atoms with Crippen molar-refractivity contribution in [1.29, 1.82) is 0 Å². The van der Waals surface area contributed by atoms with E-state index in [4.69, 9.17) is 0 Å². The summed E-state index contributed by atoms with van der Waals surface area (Å²) in [7, 11) is 0. The van der Waals surface area contributed by atoms with Crippen molar-refractivity contribution in [3.05, 3.63) is 42.5 Å². The molecule has 0 bridgehead atoms. The Bertz CT molecular complexity index is 119. The van der Waals surface area contributed by atoms with Gasteiger partial charge in [0.25, 0.3) is 0 Å². The predicted octanol–water partition coefficient (Wildman–Crippen LogP) is 10.1. The summed E-state index contributed by atoms with van der Waals surface area (Å²) in [6, 6.07) is 0. The van der Waals surface area contributed by atoms with Crippen LogP contribution in [-0.4, -0.2) is 0 Å². The van der Waals surface area contributed by atoms with Gasteiger partial charge in [0.15, 0.2) is 0 Å². The van der Waals surface area contributed by atoms with Crippen molar-refractivity contribution in [1.82, 2.24) is 0 Å². The summed E-state index contributed by atoms with van der Waals surface area (Å²) in [4.78, 5) is 0. The third kappa shape index (κ3) is 41.9. The third-order valence-corrected chi connectivity index (χ3v) is 4.63. The molecule has 0 aromatic carbocycles. The number of rotatable bonds is 0. The van der Waals surface area contributed by atoms with Gasteiger partial charge in [-0.25, -0.2) is 0 Å². The van der Waals surface area contributed by atoms with Gasteiger partial charge >= 0.3 is 55.9 Å². The first-order valence-corrected chi connectivity index (χ1v) is 11.9. The Morgan fingerprint density at radius 2 is 0.536 bits per heavy atom. The summed E-state index contributed by atoms with van der Waals surface area (Å²) < 4.78 is 19.6. The van der Waals surface area contributed by atoms with Crippen molar-refractivity contribution in [3.8, 4) is 0 Å². The van der Waals surface area contributed by atoms with Crippen LogP contribution in [0.2, 0.25) is 0 Å². The van der Waals surface area contributed by atoms with E-state index in [1.165, 1.54) is 116 Å². The SMILES string of the molecule is C1CCCC1.C1CCCC1.[CH-]1CCCC1.[CH-]1CCCC1.[CH3-].[CH3-].[CH3-].[CH3-].[F][Zr+2][F].[Zr+4]. The average molecular weight is 559 g/mol. The van der Waals surface area contributed by atoms with E-state index in [0.717, 1.165) is 0 Å². The molecule has 0 N–H and O–H groups in total. The first-order valence-electron chi connectivity index (χ1n) is 10.0. The summed E-state index contributed by atoms with van der Waals surface area (Å²) in [6.45, 7) is 0. The maximum Gasteiger partial charge on any atom is 4.00 e. The predicted molar refractivity (Wildman–Crippen MR) is 120 cm³/mol. The molecule has 0 saturated heterocycles. The van der Waals surface area contributed by atoms with Gasteiger partial charge in [0.1, 0.15) is 0 Å². The molecule has 0 nitrogen and oxygen atoms in total. The van der Waals surface area contributed by atoms with Crippen LogP contribution < -0.4 is 0 Å². The van der Waals surface area contributed by atoms with E-state index in [2.05, 4.69) is 12.8 Å². The standard InChI is InChI=1S/2C5H10.2C5H9.4CH3.2FH.2Zr/c4*1-2-4-5-3-1;;;;;;;;/h2*1-5H2;2*1H,2-5H2;4*1H3;2*1H;;/q;;6*-1;;;2*+4/p-2. The summed E-state index contributed by atoms with van der Waals surface area (Å²) in [5, 5.41) is 0. The fourth-order valence-corrected chi connectivity index (χ4v) is 3.21. The van der Waals surface area contributed by atoms with Gasteiger partial charge in [0.2, 0.25) is 0 Å². The fraction of sp³-hybridized carbons (Fsp3) is 0.750. The van der Waals surface area contributed by atoms with Crippen molar-refractivity contribution in [2.75, 3.05) is 0 Å². The zero-order valence-electron chi connectivity index (χ0n) is 19.6. The molecular formula is C24H50F2Zr2. The molecule has 28 heavy (non-hydrogen) atoms. The smallest absolute Gasteiger partial charge is 4.00 e. The largest absolute Gasteiger partial charge is 4.00 e. The van der Waals surface area contributed by atoms with E-state index in [9.17, 15) is 5.25 Å². The minimum absolute atomic E-state index is 0. The molecule has 168 valence electrons. The van der Waals surface area contributed by atoms with Gasteiger partial charge in [-0.2, -0.15) is 25.7 Å². The quantitative estimate of drug-likeness (QED) is 0.259. The first kappa shape index (κ1) is 43.5. The molecule has 0 unspecified atom stereocenters. The molecule has 4 saturated carbocycles. The maximum atomic E-state index is 9.80. The molecule has 0 aliphatic heterocycles. The maximum absolute atomic E-state index is 9.80. The van der Waals surface area contributed by atoms with Crippen LogP contribution >= 0.6 is 0 Å². The second-order valence-electron chi connectivity index (χ2n) is 6.75. The van der Waals surface area contributed by atoms with Crippen LogP contribution in [0.3, 0.4) is 0 Å². The molecule has 0 atom stereocenters. The Balaban J connectivity index is -0.0000000522. The van der Waals surface area contributed by atoms with Crippen LogP contribution in [0.4, 0.5) is 5.25 Å². The Hall–Kier alpha value is 1.63. The zero-order chi connectivity index (χ0) is 16.8. The van der Waals surface area contributed by atoms with Crippen molar-refractivity contribution in [2.24, 2.45) is 0 Å². The monoisotopic (exact) mass is 556 g/mol. The second-order valence-corrected chi connectivity index (χ2v) is 7.10. The van der Waals surface area contributed by atoms with Crippen LogP contribution in [-0.2, 0) is 50.7 Å². The number of hydrogen-bond donors (Lipinski definition) is 0. The number of hydrogen-bond acceptors (Lipinski definition) is 0. The molecular weight excluding hydrogens is 509 g/mol. The van der Waals surface area contributed by atoms with Crippen molar-refractivity contribution >= 4 is 0 Å². The van der Waals surface area contributed by atoms with E-state index in [1.54, 1.807) is 0 Å². The van der Waals surface area contributed by atoms with E-state index in [-0.39, 0.29) is 55.9 Å². The second kappa shape index (κ2) is 42.7. The fourth-order valence-electron chi connectivity index (χ4n) is 3.21. The molecule has 0 heterocycles. The molecule has 4 rings (SSSR count). The van der Waals surface area contributed by atoms with Gasteiger partial charge in [-0.3, -0.25) is 0 Å². The van der Waals surface area contributed by atoms with Gasteiger partial charge in [-0.1, -0.05) is 89.9 Å². The van der Waals surface area contributed by atoms with Crippen LogP contribution in [0.25, 0.3) is 0 Å². The normalized spacial score (nSPS) is 17.5. The number of halogens is 2. The minimum Gasteiger partial charge on any atom is 4.00 e. The molecule has 4 heteroatoms. The Morgan fingerprint density at radius 1 is 0.393 bits per heavy atom. The Morgan fingerprint density at radius 3 is 0.607 bits per heavy atom. The molecule has 0 radical (unpaired) electrons. The molecule has 0 spiro atoms. The summed E-state index contributed by atoms with van der Waals surface area (Å²) in [6.07, 6.45) is 31.0. The van der Waals surface area contributed by atoms with Crippen LogP contribution in [0.1, 0.15) is 116 Å². The van der Waals surface area contributed by atoms with Gasteiger partial charge in [-0.15, -0.1) is 0 Å². The van der Waals surface area contributed by atoms with Crippen molar-refractivity contribution < 1.29 is 55.9 Å². The van der Waals surface area contributed by atoms with Gasteiger partial charge in [0, 0.05) is 0 Å². The van der Waals surface area contributed by atoms with Gasteiger partial charge in [-0.05, 0) is 0 Å². The molecule has 0 aromatic heterocycles. The zero-order valence-corrected chi connectivity index (χ0v) is 24.6. The third-order valence-electron chi connectivity index (χ3n) is 4.63. The van der Waals surface area contributed by atoms with Crippen molar-refractivity contribution in [3.63, 3.8) is 0 Å². The topological polar surface area (TPSA) is 0 Å². The Labute approximate surface area is 212 Å². The van der Waals surface area contributed by atoms with E-state index >= 15 is 0 Å². The van der Waals surface area contributed by atoms with Gasteiger partial charge in [0.05, 0.1) is 0 Å². The molecule has 0 aromatic rings. The summed E-state index contributed by atoms with van der Waals surface area (Å²) >= 11 is -2.77. The van der Waals surface area contributed by atoms with E-state index in [0.29, 0.717) is 0 Å². The summed E-state index contributed by atoms with van der Waals surface area (Å²) in [5.74, 6) is 0. The molecule has 4 aliphatic rings. The van der Waals surface area contributed by atoms with Crippen LogP contribution in [0.15, 0.2) is 0 Å². The molecule has 4 fully saturated rings. The molecule has 0 amide bonds. The van der Waals surface area contributed by atoms with Crippen LogP contribution in [0, 0.1) is 42.5 Å². The van der Waals surface area contributed by atoms with E-state index in [1.807, 2.05) is 0 Å². The minimum atomic E-state index is -2.77. The average Bonchev–Trinajstić information content (AvgIpc) is 3.47. The Kier molecular flexibility index (Phi) is 66.3.